The average Bonchev–Trinajstić information content (AvgIpc) is 3.51. The highest BCUT2D eigenvalue weighted by atomic mass is 16.7. The van der Waals surface area contributed by atoms with Gasteiger partial charge in [0, 0.05) is 20.5 Å². The van der Waals surface area contributed by atoms with E-state index in [0.717, 1.165) is 69.8 Å². The van der Waals surface area contributed by atoms with Crippen molar-refractivity contribution in [3.05, 3.63) is 76.9 Å². The van der Waals surface area contributed by atoms with Crippen molar-refractivity contribution in [2.24, 2.45) is 0 Å². The molecule has 34 heavy (non-hydrogen) atoms. The van der Waals surface area contributed by atoms with Gasteiger partial charge in [-0.1, -0.05) is 37.3 Å². The molecule has 5 nitrogen and oxygen atoms in total. The summed E-state index contributed by atoms with van der Waals surface area (Å²) >= 11 is 0. The minimum Gasteiger partial charge on any atom is -0.454 e. The number of carbonyl (C=O) groups excluding carboxylic acids is 2. The lowest BCUT2D eigenvalue weighted by atomic mass is 9.86. The zero-order valence-corrected chi connectivity index (χ0v) is 19.9. The van der Waals surface area contributed by atoms with Gasteiger partial charge in [-0.2, -0.15) is 0 Å². The number of ketones is 1. The number of amides is 1. The Morgan fingerprint density at radius 1 is 1.00 bits per heavy atom. The summed E-state index contributed by atoms with van der Waals surface area (Å²) < 4.78 is 11.0. The number of fused-ring (bicyclic) bond motifs is 1. The lowest BCUT2D eigenvalue weighted by Gasteiger charge is -2.17. The van der Waals surface area contributed by atoms with E-state index in [-0.39, 0.29) is 19.9 Å². The number of aryl methyl sites for hydroxylation is 2. The van der Waals surface area contributed by atoms with Crippen LogP contribution in [0.5, 0.6) is 11.5 Å². The normalized spacial score (nSPS) is 15.1. The number of hydrogen-bond acceptors (Lipinski definition) is 4. The third-order valence-corrected chi connectivity index (χ3v) is 6.98. The SMILES string of the molecule is CCc1cc(-c2cc(CC(=O)C3(c4ccc5c(c4)OCO5)CC3)ccc2C)ccc1NC(C)=O.[HH]. The second-order valence-electron chi connectivity index (χ2n) is 9.31. The van der Waals surface area contributed by atoms with Crippen LogP contribution >= 0.6 is 0 Å². The van der Waals surface area contributed by atoms with Crippen molar-refractivity contribution < 1.29 is 20.5 Å². The van der Waals surface area contributed by atoms with E-state index in [1.54, 1.807) is 0 Å². The van der Waals surface area contributed by atoms with Gasteiger partial charge >= 0.3 is 0 Å². The molecule has 0 bridgehead atoms. The third kappa shape index (κ3) is 4.07. The van der Waals surface area contributed by atoms with Crippen LogP contribution < -0.4 is 14.8 Å². The van der Waals surface area contributed by atoms with Crippen molar-refractivity contribution in [2.75, 3.05) is 12.1 Å². The predicted molar refractivity (Wildman–Crippen MR) is 135 cm³/mol. The maximum atomic E-state index is 13.5. The molecule has 176 valence electrons. The first kappa shape index (κ1) is 22.2. The third-order valence-electron chi connectivity index (χ3n) is 6.98. The Morgan fingerprint density at radius 3 is 2.53 bits per heavy atom. The van der Waals surface area contributed by atoms with Crippen LogP contribution in [-0.4, -0.2) is 18.5 Å². The molecular formula is C29H31NO4. The van der Waals surface area contributed by atoms with Gasteiger partial charge in [0.2, 0.25) is 12.7 Å². The maximum Gasteiger partial charge on any atom is 0.231 e. The van der Waals surface area contributed by atoms with E-state index in [1.807, 2.05) is 30.3 Å². The van der Waals surface area contributed by atoms with Crippen molar-refractivity contribution in [3.8, 4) is 22.6 Å². The van der Waals surface area contributed by atoms with Crippen molar-refractivity contribution in [1.82, 2.24) is 0 Å². The summed E-state index contributed by atoms with van der Waals surface area (Å²) in [6.07, 6.45) is 2.95. The number of ether oxygens (including phenoxy) is 2. The van der Waals surface area contributed by atoms with Crippen molar-refractivity contribution in [2.45, 2.75) is 51.9 Å². The van der Waals surface area contributed by atoms with Gasteiger partial charge in [0.15, 0.2) is 11.5 Å². The fraction of sp³-hybridized carbons (Fsp3) is 0.310. The average molecular weight is 458 g/mol. The molecule has 5 heteroatoms. The molecule has 0 saturated heterocycles. The summed E-state index contributed by atoms with van der Waals surface area (Å²) in [6.45, 7) is 5.92. The van der Waals surface area contributed by atoms with E-state index in [9.17, 15) is 9.59 Å². The highest BCUT2D eigenvalue weighted by molar-refractivity contribution is 5.95. The van der Waals surface area contributed by atoms with Gasteiger partial charge in [0.1, 0.15) is 5.78 Å². The van der Waals surface area contributed by atoms with E-state index in [1.165, 1.54) is 6.92 Å². The van der Waals surface area contributed by atoms with Crippen LogP contribution in [0.4, 0.5) is 5.69 Å². The Morgan fingerprint density at radius 2 is 1.79 bits per heavy atom. The van der Waals surface area contributed by atoms with Gasteiger partial charge in [0.25, 0.3) is 0 Å². The second kappa shape index (κ2) is 8.64. The van der Waals surface area contributed by atoms with Gasteiger partial charge in [-0.25, -0.2) is 0 Å². The largest absolute Gasteiger partial charge is 0.454 e. The molecule has 3 aromatic carbocycles. The molecule has 1 saturated carbocycles. The number of nitrogens with one attached hydrogen (secondary N) is 1. The lowest BCUT2D eigenvalue weighted by molar-refractivity contribution is -0.120. The first-order chi connectivity index (χ1) is 16.4. The topological polar surface area (TPSA) is 64.6 Å². The predicted octanol–water partition coefficient (Wildman–Crippen LogP) is 6.00. The molecule has 3 aromatic rings. The molecule has 1 heterocycles. The van der Waals surface area contributed by atoms with E-state index in [2.05, 4.69) is 43.4 Å². The van der Waals surface area contributed by atoms with Crippen LogP contribution in [0.3, 0.4) is 0 Å². The molecule has 0 spiro atoms. The minimum absolute atomic E-state index is 0. The van der Waals surface area contributed by atoms with E-state index in [0.29, 0.717) is 6.42 Å². The molecule has 5 rings (SSSR count). The van der Waals surface area contributed by atoms with E-state index < -0.39 is 5.41 Å². The fourth-order valence-electron chi connectivity index (χ4n) is 4.86. The Bertz CT molecular complexity index is 1300. The summed E-state index contributed by atoms with van der Waals surface area (Å²) in [5.41, 5.74) is 6.92. The van der Waals surface area contributed by atoms with Crippen LogP contribution in [0.2, 0.25) is 0 Å². The molecule has 1 aliphatic carbocycles. The summed E-state index contributed by atoms with van der Waals surface area (Å²) in [5.74, 6) is 1.64. The maximum absolute atomic E-state index is 13.5. The smallest absolute Gasteiger partial charge is 0.231 e. The molecule has 1 N–H and O–H groups in total. The van der Waals surface area contributed by atoms with Gasteiger partial charge < -0.3 is 14.8 Å². The number of Topliss-reactive ketones (excluding diaryl/α,β-unsaturated/α-hetero) is 1. The monoisotopic (exact) mass is 457 g/mol. The molecule has 0 aromatic heterocycles. The highest BCUT2D eigenvalue weighted by Gasteiger charge is 2.50. The Labute approximate surface area is 201 Å². The summed E-state index contributed by atoms with van der Waals surface area (Å²) in [5, 5.41) is 2.91. The molecule has 1 aliphatic heterocycles. The molecule has 0 radical (unpaired) electrons. The number of anilines is 1. The van der Waals surface area contributed by atoms with Gasteiger partial charge in [-0.05, 0) is 83.8 Å². The van der Waals surface area contributed by atoms with Crippen molar-refractivity contribution in [1.29, 1.82) is 0 Å². The Balaban J connectivity index is 0.00000289. The zero-order valence-electron chi connectivity index (χ0n) is 19.9. The van der Waals surface area contributed by atoms with E-state index in [4.69, 9.17) is 9.47 Å². The van der Waals surface area contributed by atoms with Crippen LogP contribution in [0.15, 0.2) is 54.6 Å². The minimum atomic E-state index is -0.415. The van der Waals surface area contributed by atoms with Crippen molar-refractivity contribution >= 4 is 17.4 Å². The highest BCUT2D eigenvalue weighted by Crippen LogP contribution is 2.51. The standard InChI is InChI=1S/C29H29NO4.H2/c1-4-21-15-22(7-9-25(21)30-19(3)31)24-13-20(6-5-18(24)2)14-28(32)29(11-12-29)23-8-10-26-27(16-23)34-17-33-26;/h5-10,13,15-16H,4,11-12,14,17H2,1-3H3,(H,30,31);1H. The van der Waals surface area contributed by atoms with Gasteiger partial charge in [-0.3, -0.25) is 9.59 Å². The summed E-state index contributed by atoms with van der Waals surface area (Å²) in [4.78, 5) is 25.0. The molecule has 2 aliphatic rings. The lowest BCUT2D eigenvalue weighted by Crippen LogP contribution is -2.22. The number of benzene rings is 3. The molecule has 1 amide bonds. The van der Waals surface area contributed by atoms with E-state index >= 15 is 0 Å². The molecule has 1 fully saturated rings. The number of carbonyl (C=O) groups is 2. The van der Waals surface area contributed by atoms with Gasteiger partial charge in [0.05, 0.1) is 5.41 Å². The van der Waals surface area contributed by atoms with Gasteiger partial charge in [-0.15, -0.1) is 0 Å². The van der Waals surface area contributed by atoms with Crippen LogP contribution in [0, 0.1) is 6.92 Å². The number of rotatable bonds is 7. The summed E-state index contributed by atoms with van der Waals surface area (Å²) in [7, 11) is 0. The zero-order chi connectivity index (χ0) is 23.9. The first-order valence-corrected chi connectivity index (χ1v) is 11.8. The Hall–Kier alpha value is -3.60. The van der Waals surface area contributed by atoms with Crippen LogP contribution in [0.1, 0.15) is 50.4 Å². The van der Waals surface area contributed by atoms with Crippen LogP contribution in [-0.2, 0) is 27.8 Å². The molecule has 0 atom stereocenters. The van der Waals surface area contributed by atoms with Crippen molar-refractivity contribution in [3.63, 3.8) is 0 Å². The fourth-order valence-corrected chi connectivity index (χ4v) is 4.86. The van der Waals surface area contributed by atoms with Crippen LogP contribution in [0.25, 0.3) is 11.1 Å². The number of hydrogen-bond donors (Lipinski definition) is 1. The molecule has 0 unspecified atom stereocenters. The second-order valence-corrected chi connectivity index (χ2v) is 9.31. The first-order valence-electron chi connectivity index (χ1n) is 11.8. The summed E-state index contributed by atoms with van der Waals surface area (Å²) in [6, 6.07) is 18.3. The quantitative estimate of drug-likeness (QED) is 0.473. The Kier molecular flexibility index (Phi) is 5.64. The molecular weight excluding hydrogens is 426 g/mol.